The molecule has 7 nitrogen and oxygen atoms in total. The summed E-state index contributed by atoms with van der Waals surface area (Å²) < 4.78 is 5.26. The highest BCUT2D eigenvalue weighted by Gasteiger charge is 2.33. The SMILES string of the molecule is CCCc1cc(=O)[nH]c(SCC(=O)N2N=C(c3cccs3)CC2c2ccc(OC)cc2)n1. The molecule has 1 aliphatic rings. The Morgan fingerprint density at radius 1 is 1.31 bits per heavy atom. The van der Waals surface area contributed by atoms with Gasteiger partial charge in [0, 0.05) is 18.2 Å². The van der Waals surface area contributed by atoms with Crippen LogP contribution in [0, 0.1) is 0 Å². The smallest absolute Gasteiger partial charge is 0.253 e. The summed E-state index contributed by atoms with van der Waals surface area (Å²) in [5, 5.41) is 8.71. The van der Waals surface area contributed by atoms with Gasteiger partial charge >= 0.3 is 0 Å². The van der Waals surface area contributed by atoms with Crippen LogP contribution in [0.3, 0.4) is 0 Å². The van der Waals surface area contributed by atoms with Crippen molar-refractivity contribution in [1.29, 1.82) is 0 Å². The Labute approximate surface area is 194 Å². The van der Waals surface area contributed by atoms with Gasteiger partial charge in [0.15, 0.2) is 5.16 Å². The van der Waals surface area contributed by atoms with E-state index in [1.165, 1.54) is 17.8 Å². The van der Waals surface area contributed by atoms with E-state index in [4.69, 9.17) is 4.74 Å². The number of methoxy groups -OCH3 is 1. The fourth-order valence-corrected chi connectivity index (χ4v) is 5.02. The molecule has 0 saturated carbocycles. The zero-order valence-corrected chi connectivity index (χ0v) is 19.5. The predicted molar refractivity (Wildman–Crippen MR) is 128 cm³/mol. The summed E-state index contributed by atoms with van der Waals surface area (Å²) in [5.74, 6) is 0.763. The van der Waals surface area contributed by atoms with E-state index in [9.17, 15) is 9.59 Å². The average Bonchev–Trinajstić information content (AvgIpc) is 3.47. The number of thiophene rings is 1. The van der Waals surface area contributed by atoms with Crippen LogP contribution in [0.2, 0.25) is 0 Å². The first kappa shape index (κ1) is 22.3. The van der Waals surface area contributed by atoms with Crippen LogP contribution in [0.25, 0.3) is 0 Å². The molecule has 1 aromatic carbocycles. The lowest BCUT2D eigenvalue weighted by molar-refractivity contribution is -0.130. The highest BCUT2D eigenvalue weighted by atomic mass is 32.2. The third-order valence-electron chi connectivity index (χ3n) is 5.08. The maximum absolute atomic E-state index is 13.2. The Morgan fingerprint density at radius 3 is 2.81 bits per heavy atom. The summed E-state index contributed by atoms with van der Waals surface area (Å²) >= 11 is 2.84. The van der Waals surface area contributed by atoms with Gasteiger partial charge in [-0.25, -0.2) is 9.99 Å². The van der Waals surface area contributed by atoms with Gasteiger partial charge in [-0.1, -0.05) is 43.3 Å². The van der Waals surface area contributed by atoms with Crippen molar-refractivity contribution >= 4 is 34.7 Å². The number of amides is 1. The van der Waals surface area contributed by atoms with Crippen molar-refractivity contribution in [2.24, 2.45) is 5.10 Å². The number of rotatable bonds is 8. The van der Waals surface area contributed by atoms with Gasteiger partial charge < -0.3 is 9.72 Å². The lowest BCUT2D eigenvalue weighted by Crippen LogP contribution is -2.28. The van der Waals surface area contributed by atoms with Crippen LogP contribution in [-0.2, 0) is 11.2 Å². The van der Waals surface area contributed by atoms with E-state index in [-0.39, 0.29) is 23.3 Å². The molecular weight excluding hydrogens is 444 g/mol. The lowest BCUT2D eigenvalue weighted by Gasteiger charge is -2.22. The minimum Gasteiger partial charge on any atom is -0.497 e. The maximum atomic E-state index is 13.2. The molecule has 4 rings (SSSR count). The quantitative estimate of drug-likeness (QED) is 0.394. The van der Waals surface area contributed by atoms with Crippen molar-refractivity contribution in [1.82, 2.24) is 15.0 Å². The number of carbonyl (C=O) groups excluding carboxylic acids is 1. The van der Waals surface area contributed by atoms with Crippen LogP contribution in [0.15, 0.2) is 62.9 Å². The molecule has 0 aliphatic carbocycles. The number of carbonyl (C=O) groups is 1. The van der Waals surface area contributed by atoms with E-state index in [1.807, 2.05) is 48.7 Å². The van der Waals surface area contributed by atoms with Gasteiger partial charge in [-0.05, 0) is 35.6 Å². The van der Waals surface area contributed by atoms with Crippen LogP contribution in [0.1, 0.15) is 41.9 Å². The van der Waals surface area contributed by atoms with E-state index in [0.717, 1.165) is 40.4 Å². The number of nitrogens with zero attached hydrogens (tertiary/aromatic N) is 3. The summed E-state index contributed by atoms with van der Waals surface area (Å²) in [5.41, 5.74) is 2.43. The van der Waals surface area contributed by atoms with Gasteiger partial charge in [0.25, 0.3) is 11.5 Å². The fourth-order valence-electron chi connectivity index (χ4n) is 3.55. The number of H-pyrrole nitrogens is 1. The number of ether oxygens (including phenoxy) is 1. The molecule has 9 heteroatoms. The van der Waals surface area contributed by atoms with Gasteiger partial charge in [-0.15, -0.1) is 11.3 Å². The first-order valence-corrected chi connectivity index (χ1v) is 12.2. The minimum atomic E-state index is -0.200. The van der Waals surface area contributed by atoms with Gasteiger partial charge in [0.1, 0.15) is 5.75 Å². The molecule has 1 atom stereocenters. The monoisotopic (exact) mass is 468 g/mol. The zero-order valence-electron chi connectivity index (χ0n) is 17.9. The van der Waals surface area contributed by atoms with Gasteiger partial charge in [-0.3, -0.25) is 9.59 Å². The second kappa shape index (κ2) is 10.1. The number of nitrogens with one attached hydrogen (secondary N) is 1. The number of aryl methyl sites for hydroxylation is 1. The van der Waals surface area contributed by atoms with E-state index in [2.05, 4.69) is 15.1 Å². The lowest BCUT2D eigenvalue weighted by atomic mass is 10.0. The van der Waals surface area contributed by atoms with E-state index < -0.39 is 0 Å². The Kier molecular flexibility index (Phi) is 7.06. The molecule has 1 amide bonds. The zero-order chi connectivity index (χ0) is 22.5. The number of benzene rings is 1. The molecule has 1 aliphatic heterocycles. The van der Waals surface area contributed by atoms with Crippen LogP contribution >= 0.6 is 23.1 Å². The molecule has 0 radical (unpaired) electrons. The maximum Gasteiger partial charge on any atom is 0.253 e. The average molecular weight is 469 g/mol. The standard InChI is InChI=1S/C23H24N4O3S2/c1-3-5-16-12-21(28)25-23(24-16)32-14-22(29)27-19(15-7-9-17(30-2)10-8-15)13-18(26-27)20-6-4-11-31-20/h4,6-12,19H,3,5,13-14H2,1-2H3,(H,24,25,28). The molecule has 3 aromatic rings. The van der Waals surface area contributed by atoms with Crippen LogP contribution in [0.5, 0.6) is 5.75 Å². The van der Waals surface area contributed by atoms with E-state index in [0.29, 0.717) is 11.6 Å². The van der Waals surface area contributed by atoms with Gasteiger partial charge in [-0.2, -0.15) is 5.10 Å². The Morgan fingerprint density at radius 2 is 2.12 bits per heavy atom. The molecule has 1 N–H and O–H groups in total. The predicted octanol–water partition coefficient (Wildman–Crippen LogP) is 4.26. The second-order valence-electron chi connectivity index (χ2n) is 7.34. The molecule has 166 valence electrons. The Balaban J connectivity index is 1.54. The summed E-state index contributed by atoms with van der Waals surface area (Å²) in [7, 11) is 1.63. The highest BCUT2D eigenvalue weighted by Crippen LogP contribution is 2.35. The molecule has 0 fully saturated rings. The molecule has 3 heterocycles. The van der Waals surface area contributed by atoms with Crippen molar-refractivity contribution in [3.63, 3.8) is 0 Å². The van der Waals surface area contributed by atoms with E-state index in [1.54, 1.807) is 23.5 Å². The molecule has 1 unspecified atom stereocenters. The number of aromatic nitrogens is 2. The topological polar surface area (TPSA) is 87.7 Å². The van der Waals surface area contributed by atoms with Crippen molar-refractivity contribution in [3.8, 4) is 5.75 Å². The first-order valence-electron chi connectivity index (χ1n) is 10.4. The molecule has 32 heavy (non-hydrogen) atoms. The number of hydrazone groups is 1. The summed E-state index contributed by atoms with van der Waals surface area (Å²) in [6.45, 7) is 2.04. The number of hydrogen-bond donors (Lipinski definition) is 1. The summed E-state index contributed by atoms with van der Waals surface area (Å²) in [4.78, 5) is 33.3. The molecular formula is C23H24N4O3S2. The number of aromatic amines is 1. The van der Waals surface area contributed by atoms with Gasteiger partial charge in [0.05, 0.1) is 29.5 Å². The third-order valence-corrected chi connectivity index (χ3v) is 6.86. The molecule has 0 spiro atoms. The fraction of sp³-hybridized carbons (Fsp3) is 0.304. The number of thioether (sulfide) groups is 1. The summed E-state index contributed by atoms with van der Waals surface area (Å²) in [6.07, 6.45) is 2.27. The largest absolute Gasteiger partial charge is 0.497 e. The molecule has 2 aromatic heterocycles. The van der Waals surface area contributed by atoms with Crippen molar-refractivity contribution < 1.29 is 9.53 Å². The first-order chi connectivity index (χ1) is 15.6. The van der Waals surface area contributed by atoms with Crippen molar-refractivity contribution in [3.05, 3.63) is 74.3 Å². The Bertz CT molecular complexity index is 1160. The third kappa shape index (κ3) is 5.11. The second-order valence-corrected chi connectivity index (χ2v) is 9.25. The minimum absolute atomic E-state index is 0.131. The summed E-state index contributed by atoms with van der Waals surface area (Å²) in [6, 6.07) is 13.0. The van der Waals surface area contributed by atoms with E-state index >= 15 is 0 Å². The van der Waals surface area contributed by atoms with Crippen LogP contribution < -0.4 is 10.3 Å². The van der Waals surface area contributed by atoms with Crippen molar-refractivity contribution in [2.45, 2.75) is 37.4 Å². The molecule has 0 bridgehead atoms. The van der Waals surface area contributed by atoms with Crippen LogP contribution in [0.4, 0.5) is 0 Å². The van der Waals surface area contributed by atoms with Crippen molar-refractivity contribution in [2.75, 3.05) is 12.9 Å². The molecule has 0 saturated heterocycles. The van der Waals surface area contributed by atoms with Gasteiger partial charge in [0.2, 0.25) is 0 Å². The highest BCUT2D eigenvalue weighted by molar-refractivity contribution is 7.99. The normalized spacial score (nSPS) is 15.6. The number of hydrogen-bond acceptors (Lipinski definition) is 7. The van der Waals surface area contributed by atoms with Crippen LogP contribution in [-0.4, -0.2) is 39.5 Å². The Hall–Kier alpha value is -2.91.